The lowest BCUT2D eigenvalue weighted by Gasteiger charge is -2.11. The number of Topliss-reactive ketones (excluding diaryl/α,β-unsaturated/α-hetero) is 1. The van der Waals surface area contributed by atoms with Crippen molar-refractivity contribution in [2.45, 2.75) is 19.6 Å². The van der Waals surface area contributed by atoms with Gasteiger partial charge in [-0.1, -0.05) is 24.3 Å². The van der Waals surface area contributed by atoms with E-state index in [9.17, 15) is 18.4 Å². The smallest absolute Gasteiger partial charge is 0.456 e. The molecule has 17 heavy (non-hydrogen) atoms. The zero-order chi connectivity index (χ0) is 13.1. The SMILES string of the molecule is CC(=O)c1ccc(COC(F)(F)C(=O)O)cc1. The van der Waals surface area contributed by atoms with E-state index < -0.39 is 18.7 Å². The summed E-state index contributed by atoms with van der Waals surface area (Å²) in [6, 6.07) is 5.77. The molecule has 0 atom stereocenters. The minimum Gasteiger partial charge on any atom is -0.475 e. The Labute approximate surface area is 95.8 Å². The summed E-state index contributed by atoms with van der Waals surface area (Å²) in [6.07, 6.45) is -4.21. The number of hydrogen-bond acceptors (Lipinski definition) is 3. The van der Waals surface area contributed by atoms with Gasteiger partial charge in [0.05, 0.1) is 6.61 Å². The van der Waals surface area contributed by atoms with Crippen molar-refractivity contribution in [2.75, 3.05) is 0 Å². The third-order valence-corrected chi connectivity index (χ3v) is 2.03. The van der Waals surface area contributed by atoms with Gasteiger partial charge in [-0.3, -0.25) is 4.79 Å². The van der Waals surface area contributed by atoms with Crippen LogP contribution in [0, 0.1) is 0 Å². The van der Waals surface area contributed by atoms with Crippen LogP contribution in [0.2, 0.25) is 0 Å². The molecule has 1 rings (SSSR count). The maximum absolute atomic E-state index is 12.6. The van der Waals surface area contributed by atoms with Gasteiger partial charge in [-0.15, -0.1) is 0 Å². The van der Waals surface area contributed by atoms with Gasteiger partial charge >= 0.3 is 12.1 Å². The van der Waals surface area contributed by atoms with Gasteiger partial charge in [-0.2, -0.15) is 8.78 Å². The fourth-order valence-electron chi connectivity index (χ4n) is 1.07. The highest BCUT2D eigenvalue weighted by Crippen LogP contribution is 2.18. The third kappa shape index (κ3) is 3.60. The van der Waals surface area contributed by atoms with E-state index in [1.165, 1.54) is 31.2 Å². The Bertz CT molecular complexity index is 426. The van der Waals surface area contributed by atoms with Gasteiger partial charge in [-0.25, -0.2) is 4.79 Å². The van der Waals surface area contributed by atoms with E-state index in [1.807, 2.05) is 0 Å². The number of ketones is 1. The van der Waals surface area contributed by atoms with Crippen LogP contribution in [-0.2, 0) is 16.1 Å². The number of rotatable bonds is 5. The van der Waals surface area contributed by atoms with Crippen molar-refractivity contribution in [3.63, 3.8) is 0 Å². The Balaban J connectivity index is 2.65. The topological polar surface area (TPSA) is 63.6 Å². The molecular formula is C11H10F2O4. The number of alkyl halides is 2. The standard InChI is InChI=1S/C11H10F2O4/c1-7(14)9-4-2-8(3-5-9)6-17-11(12,13)10(15)16/h2-5H,6H2,1H3,(H,15,16). The van der Waals surface area contributed by atoms with Crippen LogP contribution in [0.25, 0.3) is 0 Å². The largest absolute Gasteiger partial charge is 0.475 e. The molecule has 0 aliphatic rings. The van der Waals surface area contributed by atoms with Crippen LogP contribution in [0.1, 0.15) is 22.8 Å². The molecule has 1 N–H and O–H groups in total. The Morgan fingerprint density at radius 3 is 2.24 bits per heavy atom. The van der Waals surface area contributed by atoms with Crippen molar-refractivity contribution in [3.8, 4) is 0 Å². The first-order chi connectivity index (χ1) is 7.83. The van der Waals surface area contributed by atoms with Gasteiger partial charge < -0.3 is 9.84 Å². The molecule has 0 spiro atoms. The van der Waals surface area contributed by atoms with E-state index in [0.717, 1.165) is 0 Å². The molecule has 0 bridgehead atoms. The molecule has 0 saturated carbocycles. The van der Waals surface area contributed by atoms with Crippen molar-refractivity contribution < 1.29 is 28.2 Å². The van der Waals surface area contributed by atoms with Crippen molar-refractivity contribution in [1.82, 2.24) is 0 Å². The van der Waals surface area contributed by atoms with Gasteiger partial charge in [-0.05, 0) is 12.5 Å². The zero-order valence-electron chi connectivity index (χ0n) is 8.94. The predicted molar refractivity (Wildman–Crippen MR) is 53.8 cm³/mol. The van der Waals surface area contributed by atoms with E-state index in [4.69, 9.17) is 5.11 Å². The molecule has 1 aromatic carbocycles. The molecule has 92 valence electrons. The quantitative estimate of drug-likeness (QED) is 0.805. The number of carboxylic acids is 1. The summed E-state index contributed by atoms with van der Waals surface area (Å²) in [4.78, 5) is 21.0. The number of aliphatic carboxylic acids is 1. The minimum absolute atomic E-state index is 0.145. The number of carbonyl (C=O) groups is 2. The van der Waals surface area contributed by atoms with Crippen LogP contribution in [0.3, 0.4) is 0 Å². The maximum Gasteiger partial charge on any atom is 0.456 e. The average Bonchev–Trinajstić information content (AvgIpc) is 2.27. The Morgan fingerprint density at radius 2 is 1.82 bits per heavy atom. The van der Waals surface area contributed by atoms with Crippen molar-refractivity contribution in [2.24, 2.45) is 0 Å². The molecule has 0 aliphatic carbocycles. The van der Waals surface area contributed by atoms with Gasteiger partial charge in [0.15, 0.2) is 5.78 Å². The lowest BCUT2D eigenvalue weighted by atomic mass is 10.1. The third-order valence-electron chi connectivity index (χ3n) is 2.03. The van der Waals surface area contributed by atoms with Crippen LogP contribution in [0.5, 0.6) is 0 Å². The molecule has 1 aromatic rings. The molecule has 0 saturated heterocycles. The van der Waals surface area contributed by atoms with Crippen molar-refractivity contribution >= 4 is 11.8 Å². The fraction of sp³-hybridized carbons (Fsp3) is 0.273. The molecular weight excluding hydrogens is 234 g/mol. The second-order valence-electron chi connectivity index (χ2n) is 3.36. The summed E-state index contributed by atoms with van der Waals surface area (Å²) >= 11 is 0. The summed E-state index contributed by atoms with van der Waals surface area (Å²) < 4.78 is 29.1. The molecule has 6 heteroatoms. The first-order valence-electron chi connectivity index (χ1n) is 4.68. The molecule has 0 heterocycles. The van der Waals surface area contributed by atoms with Crippen LogP contribution >= 0.6 is 0 Å². The highest BCUT2D eigenvalue weighted by atomic mass is 19.3. The summed E-state index contributed by atoms with van der Waals surface area (Å²) in [5.41, 5.74) is 0.801. The number of benzene rings is 1. The zero-order valence-corrected chi connectivity index (χ0v) is 8.94. The highest BCUT2D eigenvalue weighted by Gasteiger charge is 2.40. The molecule has 0 aliphatic heterocycles. The van der Waals surface area contributed by atoms with E-state index in [1.54, 1.807) is 0 Å². The second kappa shape index (κ2) is 5.01. The van der Waals surface area contributed by atoms with E-state index >= 15 is 0 Å². The Kier molecular flexibility index (Phi) is 3.90. The van der Waals surface area contributed by atoms with Crippen molar-refractivity contribution in [1.29, 1.82) is 0 Å². The normalized spacial score (nSPS) is 11.2. The summed E-state index contributed by atoms with van der Waals surface area (Å²) in [6.45, 7) is 0.835. The fourth-order valence-corrected chi connectivity index (χ4v) is 1.07. The number of ether oxygens (including phenoxy) is 1. The summed E-state index contributed by atoms with van der Waals surface area (Å²) in [5.74, 6) is -2.48. The predicted octanol–water partition coefficient (Wildman–Crippen LogP) is 2.08. The van der Waals surface area contributed by atoms with Crippen LogP contribution in [0.4, 0.5) is 8.78 Å². The number of hydrogen-bond donors (Lipinski definition) is 1. The van der Waals surface area contributed by atoms with Gasteiger partial charge in [0.1, 0.15) is 0 Å². The van der Waals surface area contributed by atoms with E-state index in [2.05, 4.69) is 4.74 Å². The van der Waals surface area contributed by atoms with Crippen LogP contribution in [-0.4, -0.2) is 23.0 Å². The second-order valence-corrected chi connectivity index (χ2v) is 3.36. The maximum atomic E-state index is 12.6. The molecule has 4 nitrogen and oxygen atoms in total. The summed E-state index contributed by atoms with van der Waals surface area (Å²) in [7, 11) is 0. The Hall–Kier alpha value is -1.82. The van der Waals surface area contributed by atoms with Gasteiger partial charge in [0.25, 0.3) is 0 Å². The lowest BCUT2D eigenvalue weighted by molar-refractivity contribution is -0.250. The van der Waals surface area contributed by atoms with E-state index in [-0.39, 0.29) is 5.78 Å². The monoisotopic (exact) mass is 244 g/mol. The van der Waals surface area contributed by atoms with Crippen LogP contribution < -0.4 is 0 Å². The first kappa shape index (κ1) is 13.2. The minimum atomic E-state index is -4.21. The van der Waals surface area contributed by atoms with Gasteiger partial charge in [0, 0.05) is 5.56 Å². The Morgan fingerprint density at radius 1 is 1.29 bits per heavy atom. The molecule has 0 amide bonds. The molecule has 0 unspecified atom stereocenters. The lowest BCUT2D eigenvalue weighted by Crippen LogP contribution is -2.31. The number of carboxylic acid groups (broad SMARTS) is 1. The summed E-state index contributed by atoms with van der Waals surface area (Å²) in [5, 5.41) is 8.12. The van der Waals surface area contributed by atoms with Crippen molar-refractivity contribution in [3.05, 3.63) is 35.4 Å². The molecule has 0 aromatic heterocycles. The van der Waals surface area contributed by atoms with Crippen LogP contribution in [0.15, 0.2) is 24.3 Å². The van der Waals surface area contributed by atoms with Gasteiger partial charge in [0.2, 0.25) is 0 Å². The highest BCUT2D eigenvalue weighted by molar-refractivity contribution is 5.93. The number of carbonyl (C=O) groups excluding carboxylic acids is 1. The van der Waals surface area contributed by atoms with E-state index in [0.29, 0.717) is 11.1 Å². The first-order valence-corrected chi connectivity index (χ1v) is 4.68. The molecule has 0 radical (unpaired) electrons. The average molecular weight is 244 g/mol. The number of halogens is 2. The molecule has 0 fully saturated rings.